The highest BCUT2D eigenvalue weighted by Crippen LogP contribution is 2.22. The van der Waals surface area contributed by atoms with Crippen LogP contribution >= 0.6 is 15.9 Å². The fraction of sp³-hybridized carbons (Fsp3) is 0.250. The van der Waals surface area contributed by atoms with Crippen molar-refractivity contribution >= 4 is 21.7 Å². The number of carbonyl (C=O) groups is 1. The molecule has 0 aliphatic carbocycles. The van der Waals surface area contributed by atoms with Crippen molar-refractivity contribution in [1.82, 2.24) is 0 Å². The van der Waals surface area contributed by atoms with Gasteiger partial charge in [0.05, 0.1) is 0 Å². The van der Waals surface area contributed by atoms with E-state index in [1.54, 1.807) is 24.3 Å². The Labute approximate surface area is 145 Å². The molecule has 0 spiro atoms. The molecule has 0 radical (unpaired) electrons. The maximum absolute atomic E-state index is 14.0. The van der Waals surface area contributed by atoms with E-state index in [2.05, 4.69) is 48.5 Å². The maximum Gasteiger partial charge on any atom is 0.223 e. The number of carbonyl (C=O) groups excluding carboxylic acids is 1. The summed E-state index contributed by atoms with van der Waals surface area (Å²) in [6.07, 6.45) is -1.82. The van der Waals surface area contributed by atoms with Crippen LogP contribution < -0.4 is 0 Å². The van der Waals surface area contributed by atoms with Crippen LogP contribution in [0, 0.1) is 11.8 Å². The van der Waals surface area contributed by atoms with Crippen LogP contribution in [0.4, 0.5) is 4.39 Å². The molecule has 118 valence electrons. The lowest BCUT2D eigenvalue weighted by atomic mass is 9.87. The Morgan fingerprint density at radius 3 is 2.13 bits per heavy atom. The topological polar surface area (TPSA) is 17.1 Å². The van der Waals surface area contributed by atoms with Gasteiger partial charge in [0.2, 0.25) is 12.0 Å². The number of hydrogen-bond acceptors (Lipinski definition) is 1. The molecule has 1 nitrogen and oxygen atoms in total. The number of ketones is 1. The van der Waals surface area contributed by atoms with E-state index >= 15 is 0 Å². The maximum atomic E-state index is 14.0. The van der Waals surface area contributed by atoms with E-state index < -0.39 is 12.0 Å². The second-order valence-corrected chi connectivity index (χ2v) is 7.25. The molecular formula is C20H18BrFO. The van der Waals surface area contributed by atoms with E-state index in [0.29, 0.717) is 11.1 Å². The summed E-state index contributed by atoms with van der Waals surface area (Å²) in [4.78, 5) is 12.0. The number of benzene rings is 2. The quantitative estimate of drug-likeness (QED) is 0.514. The van der Waals surface area contributed by atoms with Gasteiger partial charge in [0.1, 0.15) is 0 Å². The number of halogens is 2. The van der Waals surface area contributed by atoms with Crippen molar-refractivity contribution in [1.29, 1.82) is 0 Å². The van der Waals surface area contributed by atoms with Crippen LogP contribution in [0.25, 0.3) is 0 Å². The van der Waals surface area contributed by atoms with Gasteiger partial charge >= 0.3 is 0 Å². The molecule has 23 heavy (non-hydrogen) atoms. The van der Waals surface area contributed by atoms with E-state index in [-0.39, 0.29) is 5.41 Å². The van der Waals surface area contributed by atoms with Gasteiger partial charge in [-0.15, -0.1) is 0 Å². The summed E-state index contributed by atoms with van der Waals surface area (Å²) in [6, 6.07) is 14.2. The van der Waals surface area contributed by atoms with Crippen molar-refractivity contribution in [2.75, 3.05) is 0 Å². The lowest BCUT2D eigenvalue weighted by molar-refractivity contribution is 0.0919. The van der Waals surface area contributed by atoms with Crippen LogP contribution in [0.15, 0.2) is 53.0 Å². The predicted octanol–water partition coefficient (Wildman–Crippen LogP) is 5.32. The minimum Gasteiger partial charge on any atom is -0.290 e. The number of alkyl halides is 1. The Balaban J connectivity index is 2.11. The average molecular weight is 373 g/mol. The average Bonchev–Trinajstić information content (AvgIpc) is 2.52. The standard InChI is InChI=1S/C20H18BrFO/c1-20(2,3)16-9-4-14(5-10-16)6-13-18(22)19(23)15-7-11-17(21)12-8-15/h4-5,7-12,18H,1-3H3. The molecule has 2 aromatic carbocycles. The molecule has 2 rings (SSSR count). The summed E-state index contributed by atoms with van der Waals surface area (Å²) in [6.45, 7) is 6.38. The zero-order chi connectivity index (χ0) is 17.0. The molecule has 0 amide bonds. The number of Topliss-reactive ketones (excluding diaryl/α,β-unsaturated/α-hetero) is 1. The molecule has 1 atom stereocenters. The van der Waals surface area contributed by atoms with Gasteiger partial charge in [0.25, 0.3) is 0 Å². The van der Waals surface area contributed by atoms with E-state index in [1.165, 1.54) is 5.56 Å². The third-order valence-corrected chi connectivity index (χ3v) is 3.98. The molecule has 0 bridgehead atoms. The Kier molecular flexibility index (Phi) is 5.38. The molecule has 0 fully saturated rings. The van der Waals surface area contributed by atoms with Gasteiger partial charge < -0.3 is 0 Å². The molecule has 0 heterocycles. The molecular weight excluding hydrogens is 355 g/mol. The molecule has 0 saturated heterocycles. The first-order valence-electron chi connectivity index (χ1n) is 7.33. The summed E-state index contributed by atoms with van der Waals surface area (Å²) in [7, 11) is 0. The Bertz CT molecular complexity index is 743. The van der Waals surface area contributed by atoms with Gasteiger partial charge in [-0.05, 0) is 35.2 Å². The Hall–Kier alpha value is -1.92. The summed E-state index contributed by atoms with van der Waals surface area (Å²) in [5.41, 5.74) is 2.26. The Morgan fingerprint density at radius 2 is 1.61 bits per heavy atom. The zero-order valence-corrected chi connectivity index (χ0v) is 14.9. The van der Waals surface area contributed by atoms with Crippen LogP contribution in [0.1, 0.15) is 42.3 Å². The minimum absolute atomic E-state index is 0.0616. The third kappa shape index (κ3) is 4.77. The van der Waals surface area contributed by atoms with Crippen LogP contribution in [-0.4, -0.2) is 12.0 Å². The Morgan fingerprint density at radius 1 is 1.04 bits per heavy atom. The van der Waals surface area contributed by atoms with Gasteiger partial charge in [-0.25, -0.2) is 4.39 Å². The van der Waals surface area contributed by atoms with Crippen LogP contribution in [0.2, 0.25) is 0 Å². The summed E-state index contributed by atoms with van der Waals surface area (Å²) in [5.74, 6) is 4.51. The predicted molar refractivity (Wildman–Crippen MR) is 95.4 cm³/mol. The number of rotatable bonds is 2. The summed E-state index contributed by atoms with van der Waals surface area (Å²) < 4.78 is 14.8. The fourth-order valence-electron chi connectivity index (χ4n) is 2.03. The second kappa shape index (κ2) is 7.10. The largest absolute Gasteiger partial charge is 0.290 e. The van der Waals surface area contributed by atoms with Crippen molar-refractivity contribution in [3.8, 4) is 11.8 Å². The van der Waals surface area contributed by atoms with Gasteiger partial charge in [-0.3, -0.25) is 4.79 Å². The van der Waals surface area contributed by atoms with Crippen molar-refractivity contribution in [3.63, 3.8) is 0 Å². The van der Waals surface area contributed by atoms with E-state index in [0.717, 1.165) is 4.47 Å². The minimum atomic E-state index is -1.82. The molecule has 0 aromatic heterocycles. The normalized spacial score (nSPS) is 12.2. The monoisotopic (exact) mass is 372 g/mol. The van der Waals surface area contributed by atoms with Crippen molar-refractivity contribution in [2.45, 2.75) is 32.4 Å². The second-order valence-electron chi connectivity index (χ2n) is 6.33. The highest BCUT2D eigenvalue weighted by molar-refractivity contribution is 9.10. The molecule has 0 aliphatic rings. The summed E-state index contributed by atoms with van der Waals surface area (Å²) in [5, 5.41) is 0. The van der Waals surface area contributed by atoms with Crippen molar-refractivity contribution in [3.05, 3.63) is 69.7 Å². The van der Waals surface area contributed by atoms with Crippen molar-refractivity contribution in [2.24, 2.45) is 0 Å². The van der Waals surface area contributed by atoms with Gasteiger partial charge in [-0.1, -0.05) is 72.8 Å². The zero-order valence-electron chi connectivity index (χ0n) is 13.4. The first kappa shape index (κ1) is 17.4. The molecule has 0 saturated carbocycles. The first-order valence-corrected chi connectivity index (χ1v) is 8.12. The lowest BCUT2D eigenvalue weighted by Gasteiger charge is -2.18. The van der Waals surface area contributed by atoms with Crippen molar-refractivity contribution < 1.29 is 9.18 Å². The first-order chi connectivity index (χ1) is 10.8. The van der Waals surface area contributed by atoms with Gasteiger partial charge in [-0.2, -0.15) is 0 Å². The van der Waals surface area contributed by atoms with Gasteiger partial charge in [0, 0.05) is 15.6 Å². The molecule has 0 N–H and O–H groups in total. The third-order valence-electron chi connectivity index (χ3n) is 3.45. The van der Waals surface area contributed by atoms with E-state index in [1.807, 2.05) is 24.3 Å². The fourth-order valence-corrected chi connectivity index (χ4v) is 2.29. The van der Waals surface area contributed by atoms with Crippen LogP contribution in [0.3, 0.4) is 0 Å². The van der Waals surface area contributed by atoms with E-state index in [9.17, 15) is 9.18 Å². The smallest absolute Gasteiger partial charge is 0.223 e. The molecule has 1 unspecified atom stereocenters. The highest BCUT2D eigenvalue weighted by Gasteiger charge is 2.16. The van der Waals surface area contributed by atoms with E-state index in [4.69, 9.17) is 0 Å². The van der Waals surface area contributed by atoms with Gasteiger partial charge in [0.15, 0.2) is 0 Å². The SMILES string of the molecule is CC(C)(C)c1ccc(C#CC(F)C(=O)c2ccc(Br)cc2)cc1. The lowest BCUT2D eigenvalue weighted by Crippen LogP contribution is -2.13. The van der Waals surface area contributed by atoms with Crippen LogP contribution in [0.5, 0.6) is 0 Å². The number of hydrogen-bond donors (Lipinski definition) is 0. The molecule has 2 aromatic rings. The molecule has 0 aliphatic heterocycles. The highest BCUT2D eigenvalue weighted by atomic mass is 79.9. The van der Waals surface area contributed by atoms with Crippen LogP contribution in [-0.2, 0) is 5.41 Å². The summed E-state index contributed by atoms with van der Waals surface area (Å²) >= 11 is 3.28. The molecule has 3 heteroatoms.